The van der Waals surface area contributed by atoms with E-state index in [9.17, 15) is 14.7 Å². The molecule has 2 heterocycles. The van der Waals surface area contributed by atoms with Crippen molar-refractivity contribution in [2.75, 3.05) is 25.5 Å². The number of hydrogen-bond acceptors (Lipinski definition) is 5. The molecule has 4 rings (SSSR count). The number of benzene rings is 2. The lowest BCUT2D eigenvalue weighted by molar-refractivity contribution is 0.0601. The van der Waals surface area contributed by atoms with Gasteiger partial charge in [-0.05, 0) is 47.2 Å². The molecule has 7 nitrogen and oxygen atoms in total. The number of carbonyl (C=O) groups excluding carboxylic acids is 1. The smallest absolute Gasteiger partial charge is 0.407 e. The van der Waals surface area contributed by atoms with Crippen molar-refractivity contribution in [3.63, 3.8) is 0 Å². The fourth-order valence-corrected chi connectivity index (χ4v) is 4.26. The molecule has 0 unspecified atom stereocenters. The average Bonchev–Trinajstić information content (AvgIpc) is 2.82. The lowest BCUT2D eigenvalue weighted by Crippen LogP contribution is -2.42. The molecule has 1 aliphatic rings. The Hall–Kier alpha value is -3.87. The minimum atomic E-state index is -0.968. The molecule has 32 heavy (non-hydrogen) atoms. The highest BCUT2D eigenvalue weighted by Crippen LogP contribution is 2.34. The van der Waals surface area contributed by atoms with E-state index in [4.69, 9.17) is 4.74 Å². The van der Waals surface area contributed by atoms with Crippen LogP contribution in [0.5, 0.6) is 0 Å². The molecule has 0 saturated carbocycles. The molecule has 0 saturated heterocycles. The molecule has 2 aromatic carbocycles. The summed E-state index contributed by atoms with van der Waals surface area (Å²) >= 11 is 0. The lowest BCUT2D eigenvalue weighted by atomic mass is 9.89. The SMILES string of the molecule is COC(=O)c1ccncc1NC[C@H]1c2ccc(-c3ccccc3C)cc2CCN1C(=O)O. The number of carboxylic acid groups (broad SMARTS) is 1. The summed E-state index contributed by atoms with van der Waals surface area (Å²) in [6.07, 6.45) is 2.75. The first-order valence-corrected chi connectivity index (χ1v) is 10.4. The van der Waals surface area contributed by atoms with Crippen LogP contribution in [0, 0.1) is 6.92 Å². The molecular formula is C25H25N3O4. The molecule has 1 atom stereocenters. The van der Waals surface area contributed by atoms with Crippen LogP contribution in [0.1, 0.15) is 33.1 Å². The Morgan fingerprint density at radius 1 is 1.22 bits per heavy atom. The number of ether oxygens (including phenoxy) is 1. The average molecular weight is 431 g/mol. The molecule has 0 bridgehead atoms. The summed E-state index contributed by atoms with van der Waals surface area (Å²) in [5, 5.41) is 13.0. The fourth-order valence-electron chi connectivity index (χ4n) is 4.26. The number of nitrogens with one attached hydrogen (secondary N) is 1. The van der Waals surface area contributed by atoms with Crippen LogP contribution in [-0.2, 0) is 11.2 Å². The number of aromatic nitrogens is 1. The van der Waals surface area contributed by atoms with Crippen LogP contribution in [0.2, 0.25) is 0 Å². The Labute approximate surface area is 186 Å². The van der Waals surface area contributed by atoms with E-state index < -0.39 is 18.1 Å². The van der Waals surface area contributed by atoms with Crippen LogP contribution in [-0.4, -0.2) is 47.3 Å². The Morgan fingerprint density at radius 3 is 2.78 bits per heavy atom. The highest BCUT2D eigenvalue weighted by Gasteiger charge is 2.31. The molecule has 1 aromatic heterocycles. The van der Waals surface area contributed by atoms with Gasteiger partial charge in [-0.25, -0.2) is 9.59 Å². The number of amides is 1. The number of rotatable bonds is 5. The van der Waals surface area contributed by atoms with Gasteiger partial charge in [0.05, 0.1) is 30.6 Å². The lowest BCUT2D eigenvalue weighted by Gasteiger charge is -2.36. The second kappa shape index (κ2) is 9.09. The van der Waals surface area contributed by atoms with Crippen molar-refractivity contribution in [1.29, 1.82) is 0 Å². The Bertz CT molecular complexity index is 1160. The number of aryl methyl sites for hydroxylation is 1. The van der Waals surface area contributed by atoms with Crippen LogP contribution in [0.15, 0.2) is 60.9 Å². The van der Waals surface area contributed by atoms with Gasteiger partial charge >= 0.3 is 12.1 Å². The van der Waals surface area contributed by atoms with E-state index in [2.05, 4.69) is 35.4 Å². The molecule has 0 radical (unpaired) electrons. The summed E-state index contributed by atoms with van der Waals surface area (Å²) in [5.74, 6) is -0.475. The largest absolute Gasteiger partial charge is 0.465 e. The normalized spacial score (nSPS) is 15.1. The van der Waals surface area contributed by atoms with Crippen LogP contribution >= 0.6 is 0 Å². The third-order valence-electron chi connectivity index (χ3n) is 5.91. The van der Waals surface area contributed by atoms with Gasteiger partial charge in [0.25, 0.3) is 0 Å². The summed E-state index contributed by atoms with van der Waals surface area (Å²) in [7, 11) is 1.32. The maximum atomic E-state index is 12.1. The molecule has 1 aliphatic heterocycles. The predicted octanol–water partition coefficient (Wildman–Crippen LogP) is 4.53. The molecular weight excluding hydrogens is 406 g/mol. The summed E-state index contributed by atoms with van der Waals surface area (Å²) in [5.41, 5.74) is 6.45. The molecule has 0 spiro atoms. The fraction of sp³-hybridized carbons (Fsp3) is 0.240. The molecule has 0 fully saturated rings. The van der Waals surface area contributed by atoms with Gasteiger partial charge in [0.15, 0.2) is 0 Å². The number of hydrogen-bond donors (Lipinski definition) is 2. The van der Waals surface area contributed by atoms with Crippen molar-refractivity contribution in [2.45, 2.75) is 19.4 Å². The standard InChI is InChI=1S/C25H25N3O4/c1-16-5-3-4-6-19(16)17-7-8-20-18(13-17)10-12-28(25(30)31)23(20)15-27-22-14-26-11-9-21(22)24(29)32-2/h3-9,11,13-14,23,27H,10,12,15H2,1-2H3,(H,30,31)/t23-/m0/s1. The highest BCUT2D eigenvalue weighted by atomic mass is 16.5. The summed E-state index contributed by atoms with van der Waals surface area (Å²) in [6.45, 7) is 2.79. The molecule has 1 amide bonds. The summed E-state index contributed by atoms with van der Waals surface area (Å²) in [6, 6.07) is 15.6. The van der Waals surface area contributed by atoms with Gasteiger partial charge in [0.2, 0.25) is 0 Å². The van der Waals surface area contributed by atoms with Gasteiger partial charge in [0.1, 0.15) is 0 Å². The van der Waals surface area contributed by atoms with Gasteiger partial charge < -0.3 is 15.2 Å². The third kappa shape index (κ3) is 4.14. The van der Waals surface area contributed by atoms with Crippen molar-refractivity contribution in [2.24, 2.45) is 0 Å². The number of carbonyl (C=O) groups is 2. The number of fused-ring (bicyclic) bond motifs is 1. The van der Waals surface area contributed by atoms with Crippen molar-refractivity contribution >= 4 is 17.7 Å². The summed E-state index contributed by atoms with van der Waals surface area (Å²) in [4.78, 5) is 29.5. The third-order valence-corrected chi connectivity index (χ3v) is 5.91. The number of anilines is 1. The van der Waals surface area contributed by atoms with E-state index in [0.717, 1.165) is 16.7 Å². The molecule has 7 heteroatoms. The van der Waals surface area contributed by atoms with E-state index in [1.54, 1.807) is 12.3 Å². The van der Waals surface area contributed by atoms with Crippen molar-refractivity contribution in [1.82, 2.24) is 9.88 Å². The monoisotopic (exact) mass is 431 g/mol. The summed E-state index contributed by atoms with van der Waals surface area (Å²) < 4.78 is 4.84. The van der Waals surface area contributed by atoms with Gasteiger partial charge in [0, 0.05) is 19.3 Å². The zero-order valence-corrected chi connectivity index (χ0v) is 18.0. The molecule has 164 valence electrons. The Morgan fingerprint density at radius 2 is 2.03 bits per heavy atom. The van der Waals surface area contributed by atoms with E-state index in [-0.39, 0.29) is 0 Å². The van der Waals surface area contributed by atoms with Crippen LogP contribution in [0.4, 0.5) is 10.5 Å². The zero-order valence-electron chi connectivity index (χ0n) is 18.0. The van der Waals surface area contributed by atoms with Crippen molar-refractivity contribution in [3.05, 3.63) is 83.2 Å². The Balaban J connectivity index is 1.65. The first-order valence-electron chi connectivity index (χ1n) is 10.4. The Kier molecular flexibility index (Phi) is 6.07. The quantitative estimate of drug-likeness (QED) is 0.577. The number of nitrogens with zero attached hydrogens (tertiary/aromatic N) is 2. The number of esters is 1. The minimum Gasteiger partial charge on any atom is -0.465 e. The van der Waals surface area contributed by atoms with Crippen molar-refractivity contribution in [3.8, 4) is 11.1 Å². The zero-order chi connectivity index (χ0) is 22.7. The van der Waals surface area contributed by atoms with Crippen LogP contribution < -0.4 is 5.32 Å². The second-order valence-electron chi connectivity index (χ2n) is 7.76. The van der Waals surface area contributed by atoms with Gasteiger partial charge in [-0.15, -0.1) is 0 Å². The van der Waals surface area contributed by atoms with Gasteiger partial charge in [-0.2, -0.15) is 0 Å². The van der Waals surface area contributed by atoms with E-state index in [0.29, 0.717) is 30.8 Å². The highest BCUT2D eigenvalue weighted by molar-refractivity contribution is 5.95. The van der Waals surface area contributed by atoms with Crippen LogP contribution in [0.3, 0.4) is 0 Å². The van der Waals surface area contributed by atoms with Crippen LogP contribution in [0.25, 0.3) is 11.1 Å². The first kappa shape index (κ1) is 21.4. The maximum absolute atomic E-state index is 12.1. The number of methoxy groups -OCH3 is 1. The molecule has 2 N–H and O–H groups in total. The van der Waals surface area contributed by atoms with E-state index in [1.165, 1.54) is 29.3 Å². The predicted molar refractivity (Wildman–Crippen MR) is 122 cm³/mol. The minimum absolute atomic E-state index is 0.304. The van der Waals surface area contributed by atoms with Gasteiger partial charge in [-0.1, -0.05) is 42.5 Å². The second-order valence-corrected chi connectivity index (χ2v) is 7.76. The first-order chi connectivity index (χ1) is 15.5. The van der Waals surface area contributed by atoms with Crippen molar-refractivity contribution < 1.29 is 19.4 Å². The molecule has 0 aliphatic carbocycles. The van der Waals surface area contributed by atoms with E-state index >= 15 is 0 Å². The number of pyridine rings is 1. The van der Waals surface area contributed by atoms with Gasteiger partial charge in [-0.3, -0.25) is 9.88 Å². The topological polar surface area (TPSA) is 91.8 Å². The van der Waals surface area contributed by atoms with E-state index in [1.807, 2.05) is 24.3 Å². The molecule has 3 aromatic rings. The maximum Gasteiger partial charge on any atom is 0.407 e.